The predicted octanol–water partition coefficient (Wildman–Crippen LogP) is 4.51. The average molecular weight is 350 g/mol. The van der Waals surface area contributed by atoms with Crippen molar-refractivity contribution in [1.82, 2.24) is 0 Å². The minimum absolute atomic E-state index is 0.0425. The molecule has 0 N–H and O–H groups in total. The van der Waals surface area contributed by atoms with E-state index in [1.54, 1.807) is 7.11 Å². The lowest BCUT2D eigenvalue weighted by molar-refractivity contribution is -0.163. The van der Waals surface area contributed by atoms with Gasteiger partial charge in [-0.05, 0) is 62.8 Å². The zero-order valence-corrected chi connectivity index (χ0v) is 15.3. The lowest BCUT2D eigenvalue weighted by Gasteiger charge is -2.33. The SMILES string of the molecule is COC1CCSc2ccc(OCC(=O)OC3(C)CCCCC3)cc21. The summed E-state index contributed by atoms with van der Waals surface area (Å²) in [4.78, 5) is 13.4. The molecule has 1 aromatic carbocycles. The van der Waals surface area contributed by atoms with Crippen molar-refractivity contribution < 1.29 is 19.0 Å². The topological polar surface area (TPSA) is 44.8 Å². The first-order chi connectivity index (χ1) is 11.6. The van der Waals surface area contributed by atoms with Gasteiger partial charge in [-0.1, -0.05) is 6.42 Å². The second-order valence-corrected chi connectivity index (χ2v) is 7.97. The largest absolute Gasteiger partial charge is 0.482 e. The number of hydrogen-bond acceptors (Lipinski definition) is 5. The number of thioether (sulfide) groups is 1. The molecule has 1 heterocycles. The van der Waals surface area contributed by atoms with E-state index in [-0.39, 0.29) is 24.3 Å². The van der Waals surface area contributed by atoms with Crippen LogP contribution in [0, 0.1) is 0 Å². The summed E-state index contributed by atoms with van der Waals surface area (Å²) in [6, 6.07) is 5.96. The van der Waals surface area contributed by atoms with Gasteiger partial charge in [-0.15, -0.1) is 11.8 Å². The second-order valence-electron chi connectivity index (χ2n) is 6.83. The van der Waals surface area contributed by atoms with Crippen molar-refractivity contribution >= 4 is 17.7 Å². The van der Waals surface area contributed by atoms with Gasteiger partial charge in [-0.25, -0.2) is 4.79 Å². The van der Waals surface area contributed by atoms with Crippen LogP contribution in [-0.2, 0) is 14.3 Å². The lowest BCUT2D eigenvalue weighted by atomic mass is 9.86. The Morgan fingerprint density at radius 3 is 2.83 bits per heavy atom. The minimum atomic E-state index is -0.313. The van der Waals surface area contributed by atoms with Gasteiger partial charge in [0.25, 0.3) is 0 Å². The van der Waals surface area contributed by atoms with Gasteiger partial charge in [-0.3, -0.25) is 0 Å². The number of benzene rings is 1. The quantitative estimate of drug-likeness (QED) is 0.731. The minimum Gasteiger partial charge on any atom is -0.482 e. The fraction of sp³-hybridized carbons (Fsp3) is 0.632. The van der Waals surface area contributed by atoms with Crippen LogP contribution in [0.1, 0.15) is 57.1 Å². The number of hydrogen-bond donors (Lipinski definition) is 0. The first-order valence-electron chi connectivity index (χ1n) is 8.74. The monoisotopic (exact) mass is 350 g/mol. The summed E-state index contributed by atoms with van der Waals surface area (Å²) < 4.78 is 16.9. The molecule has 3 rings (SSSR count). The molecule has 1 fully saturated rings. The number of carbonyl (C=O) groups is 1. The van der Waals surface area contributed by atoms with Gasteiger partial charge in [0.15, 0.2) is 6.61 Å². The Morgan fingerprint density at radius 2 is 2.08 bits per heavy atom. The van der Waals surface area contributed by atoms with Gasteiger partial charge in [-0.2, -0.15) is 0 Å². The van der Waals surface area contributed by atoms with Crippen LogP contribution < -0.4 is 4.74 Å². The molecule has 2 aliphatic rings. The Hall–Kier alpha value is -1.20. The third-order valence-corrected chi connectivity index (χ3v) is 6.00. The van der Waals surface area contributed by atoms with E-state index < -0.39 is 0 Å². The van der Waals surface area contributed by atoms with Crippen LogP contribution in [0.4, 0.5) is 0 Å². The smallest absolute Gasteiger partial charge is 0.344 e. The zero-order chi connectivity index (χ0) is 17.0. The molecule has 4 nitrogen and oxygen atoms in total. The summed E-state index contributed by atoms with van der Waals surface area (Å²) in [5, 5.41) is 0. The van der Waals surface area contributed by atoms with Crippen molar-refractivity contribution in [1.29, 1.82) is 0 Å². The van der Waals surface area contributed by atoms with E-state index in [0.717, 1.165) is 43.4 Å². The molecule has 0 amide bonds. The van der Waals surface area contributed by atoms with Gasteiger partial charge < -0.3 is 14.2 Å². The molecule has 1 saturated carbocycles. The Bertz CT molecular complexity index is 581. The molecular weight excluding hydrogens is 324 g/mol. The standard InChI is InChI=1S/C19H26O4S/c1-19(9-4-3-5-10-19)23-18(20)13-22-14-6-7-17-15(12-14)16(21-2)8-11-24-17/h6-7,12,16H,3-5,8-11,13H2,1-2H3. The van der Waals surface area contributed by atoms with Crippen LogP contribution in [-0.4, -0.2) is 31.0 Å². The Kier molecular flexibility index (Phi) is 5.72. The fourth-order valence-electron chi connectivity index (χ4n) is 3.52. The summed E-state index contributed by atoms with van der Waals surface area (Å²) in [6.45, 7) is 1.99. The number of rotatable bonds is 5. The van der Waals surface area contributed by atoms with Crippen LogP contribution in [0.2, 0.25) is 0 Å². The molecule has 0 bridgehead atoms. The molecular formula is C19H26O4S. The van der Waals surface area contributed by atoms with Crippen molar-refractivity contribution in [3.8, 4) is 5.75 Å². The molecule has 0 spiro atoms. The van der Waals surface area contributed by atoms with Crippen molar-refractivity contribution in [3.63, 3.8) is 0 Å². The molecule has 1 aliphatic heterocycles. The Labute approximate surface area is 148 Å². The number of methoxy groups -OCH3 is 1. The fourth-order valence-corrected chi connectivity index (χ4v) is 4.60. The predicted molar refractivity (Wildman–Crippen MR) is 94.6 cm³/mol. The molecule has 24 heavy (non-hydrogen) atoms. The highest BCUT2D eigenvalue weighted by Gasteiger charge is 2.30. The number of esters is 1. The molecule has 0 radical (unpaired) electrons. The van der Waals surface area contributed by atoms with E-state index in [1.165, 1.54) is 11.3 Å². The number of ether oxygens (including phenoxy) is 3. The second kappa shape index (κ2) is 7.79. The van der Waals surface area contributed by atoms with Crippen LogP contribution in [0.25, 0.3) is 0 Å². The Balaban J connectivity index is 1.57. The van der Waals surface area contributed by atoms with Crippen LogP contribution in [0.5, 0.6) is 5.75 Å². The van der Waals surface area contributed by atoms with Crippen LogP contribution >= 0.6 is 11.8 Å². The summed E-state index contributed by atoms with van der Waals surface area (Å²) in [5.74, 6) is 1.48. The number of carbonyl (C=O) groups excluding carboxylic acids is 1. The lowest BCUT2D eigenvalue weighted by Crippen LogP contribution is -2.35. The molecule has 0 aromatic heterocycles. The Morgan fingerprint density at radius 1 is 1.29 bits per heavy atom. The average Bonchev–Trinajstić information content (AvgIpc) is 2.59. The molecule has 1 aromatic rings. The van der Waals surface area contributed by atoms with Gasteiger partial charge in [0.05, 0.1) is 6.10 Å². The van der Waals surface area contributed by atoms with Crippen molar-refractivity contribution in [2.24, 2.45) is 0 Å². The van der Waals surface area contributed by atoms with E-state index in [2.05, 4.69) is 0 Å². The van der Waals surface area contributed by atoms with E-state index in [4.69, 9.17) is 14.2 Å². The van der Waals surface area contributed by atoms with Crippen LogP contribution in [0.15, 0.2) is 23.1 Å². The molecule has 1 aliphatic carbocycles. The van der Waals surface area contributed by atoms with E-state index in [1.807, 2.05) is 36.9 Å². The summed E-state index contributed by atoms with van der Waals surface area (Å²) in [6.07, 6.45) is 6.50. The summed E-state index contributed by atoms with van der Waals surface area (Å²) >= 11 is 1.84. The molecule has 0 saturated heterocycles. The van der Waals surface area contributed by atoms with Gasteiger partial charge in [0.1, 0.15) is 11.4 Å². The third-order valence-electron chi connectivity index (χ3n) is 4.88. The maximum Gasteiger partial charge on any atom is 0.344 e. The van der Waals surface area contributed by atoms with Gasteiger partial charge >= 0.3 is 5.97 Å². The maximum atomic E-state index is 12.1. The number of fused-ring (bicyclic) bond motifs is 1. The van der Waals surface area contributed by atoms with Gasteiger partial charge in [0, 0.05) is 17.8 Å². The van der Waals surface area contributed by atoms with Crippen molar-refractivity contribution in [2.45, 2.75) is 62.0 Å². The van der Waals surface area contributed by atoms with Gasteiger partial charge in [0.2, 0.25) is 0 Å². The highest BCUT2D eigenvalue weighted by molar-refractivity contribution is 7.99. The van der Waals surface area contributed by atoms with Crippen molar-refractivity contribution in [2.75, 3.05) is 19.5 Å². The van der Waals surface area contributed by atoms with E-state index in [0.29, 0.717) is 5.75 Å². The first kappa shape index (κ1) is 17.6. The maximum absolute atomic E-state index is 12.1. The highest BCUT2D eigenvalue weighted by atomic mass is 32.2. The summed E-state index contributed by atoms with van der Waals surface area (Å²) in [7, 11) is 1.74. The highest BCUT2D eigenvalue weighted by Crippen LogP contribution is 2.39. The first-order valence-corrected chi connectivity index (χ1v) is 9.72. The summed E-state index contributed by atoms with van der Waals surface area (Å²) in [5.41, 5.74) is 0.839. The molecule has 1 atom stereocenters. The van der Waals surface area contributed by atoms with Crippen molar-refractivity contribution in [3.05, 3.63) is 23.8 Å². The van der Waals surface area contributed by atoms with E-state index in [9.17, 15) is 4.79 Å². The van der Waals surface area contributed by atoms with Crippen LogP contribution in [0.3, 0.4) is 0 Å². The van der Waals surface area contributed by atoms with E-state index >= 15 is 0 Å². The third kappa shape index (κ3) is 4.25. The molecule has 5 heteroatoms. The normalized spacial score (nSPS) is 22.5. The molecule has 132 valence electrons. The zero-order valence-electron chi connectivity index (χ0n) is 14.5. The molecule has 1 unspecified atom stereocenters.